The van der Waals surface area contributed by atoms with Crippen molar-refractivity contribution in [2.24, 2.45) is 0 Å². The van der Waals surface area contributed by atoms with Crippen molar-refractivity contribution in [1.82, 2.24) is 10.0 Å². The molecule has 0 atom stereocenters. The fraction of sp³-hybridized carbons (Fsp3) is 0.400. The smallest absolute Gasteiger partial charge is 0.336 e. The lowest BCUT2D eigenvalue weighted by atomic mass is 9.92. The zero-order chi connectivity index (χ0) is 15.8. The third-order valence-corrected chi connectivity index (χ3v) is 5.63. The third-order valence-electron chi connectivity index (χ3n) is 3.99. The Balaban J connectivity index is 1.94. The number of piperidine rings is 1. The third kappa shape index (κ3) is 3.06. The molecule has 2 N–H and O–H groups in total. The molecule has 22 heavy (non-hydrogen) atoms. The summed E-state index contributed by atoms with van der Waals surface area (Å²) in [5.74, 6) is 0. The summed E-state index contributed by atoms with van der Waals surface area (Å²) in [7, 11) is -3.62. The predicted octanol–water partition coefficient (Wildman–Crippen LogP) is 1.21. The number of nitrogens with one attached hydrogen (secondary N) is 2. The van der Waals surface area contributed by atoms with E-state index in [2.05, 4.69) is 10.0 Å². The molecule has 2 heterocycles. The van der Waals surface area contributed by atoms with Crippen LogP contribution < -0.4 is 15.7 Å². The van der Waals surface area contributed by atoms with Crippen molar-refractivity contribution in [1.29, 1.82) is 0 Å². The molecule has 0 amide bonds. The maximum Gasteiger partial charge on any atom is 0.336 e. The number of hydrogen-bond acceptors (Lipinski definition) is 5. The van der Waals surface area contributed by atoms with Crippen molar-refractivity contribution >= 4 is 21.0 Å². The lowest BCUT2D eigenvalue weighted by Crippen LogP contribution is -2.52. The molecule has 1 fully saturated rings. The zero-order valence-electron chi connectivity index (χ0n) is 12.3. The number of hydrogen-bond donors (Lipinski definition) is 2. The molecule has 3 rings (SSSR count). The second-order valence-corrected chi connectivity index (χ2v) is 7.55. The van der Waals surface area contributed by atoms with Crippen LogP contribution in [0.4, 0.5) is 0 Å². The van der Waals surface area contributed by atoms with Gasteiger partial charge in [0.1, 0.15) is 5.58 Å². The summed E-state index contributed by atoms with van der Waals surface area (Å²) < 4.78 is 33.0. The molecule has 1 aliphatic rings. The summed E-state index contributed by atoms with van der Waals surface area (Å²) in [5, 5.41) is 3.80. The average Bonchev–Trinajstić information content (AvgIpc) is 2.46. The van der Waals surface area contributed by atoms with Crippen LogP contribution in [0.2, 0.25) is 0 Å². The molecule has 2 aromatic rings. The predicted molar refractivity (Wildman–Crippen MR) is 83.3 cm³/mol. The standard InChI is InChI=1S/C15H18N2O4S/c1-15(6-8-16-9-7-15)17-22(19,20)12-3-4-13-11(10-12)2-5-14(18)21-13/h2-5,10,16-17H,6-9H2,1H3. The van der Waals surface area contributed by atoms with Crippen molar-refractivity contribution in [2.45, 2.75) is 30.2 Å². The molecule has 0 bridgehead atoms. The van der Waals surface area contributed by atoms with Gasteiger partial charge in [-0.3, -0.25) is 0 Å². The minimum atomic E-state index is -3.62. The normalized spacial score (nSPS) is 18.4. The molecule has 0 saturated carbocycles. The number of sulfonamides is 1. The quantitative estimate of drug-likeness (QED) is 0.829. The van der Waals surface area contributed by atoms with Gasteiger partial charge in [-0.05, 0) is 57.1 Å². The highest BCUT2D eigenvalue weighted by molar-refractivity contribution is 7.89. The Kier molecular flexibility index (Phi) is 3.80. The Morgan fingerprint density at radius 2 is 1.91 bits per heavy atom. The van der Waals surface area contributed by atoms with E-state index in [1.54, 1.807) is 6.07 Å². The molecule has 1 saturated heterocycles. The lowest BCUT2D eigenvalue weighted by molar-refractivity contribution is 0.308. The summed E-state index contributed by atoms with van der Waals surface area (Å²) in [6, 6.07) is 7.33. The molecule has 0 unspecified atom stereocenters. The molecular weight excluding hydrogens is 304 g/mol. The summed E-state index contributed by atoms with van der Waals surface area (Å²) in [4.78, 5) is 11.3. The van der Waals surface area contributed by atoms with Crippen molar-refractivity contribution in [2.75, 3.05) is 13.1 Å². The molecule has 1 aliphatic heterocycles. The number of rotatable bonds is 3. The molecule has 7 heteroatoms. The molecule has 0 aliphatic carbocycles. The summed E-state index contributed by atoms with van der Waals surface area (Å²) in [6.07, 6.45) is 1.49. The van der Waals surface area contributed by atoms with Gasteiger partial charge in [0.25, 0.3) is 0 Å². The van der Waals surface area contributed by atoms with Gasteiger partial charge in [-0.2, -0.15) is 0 Å². The highest BCUT2D eigenvalue weighted by Crippen LogP contribution is 2.23. The van der Waals surface area contributed by atoms with E-state index in [-0.39, 0.29) is 4.90 Å². The molecule has 1 aromatic heterocycles. The monoisotopic (exact) mass is 322 g/mol. The van der Waals surface area contributed by atoms with E-state index >= 15 is 0 Å². The van der Waals surface area contributed by atoms with Crippen molar-refractivity contribution in [3.63, 3.8) is 0 Å². The van der Waals surface area contributed by atoms with Gasteiger partial charge in [-0.25, -0.2) is 17.9 Å². The van der Waals surface area contributed by atoms with E-state index in [1.807, 2.05) is 6.92 Å². The van der Waals surface area contributed by atoms with Crippen LogP contribution in [0.5, 0.6) is 0 Å². The highest BCUT2D eigenvalue weighted by Gasteiger charge is 2.32. The van der Waals surface area contributed by atoms with Crippen LogP contribution in [0.15, 0.2) is 44.4 Å². The molecular formula is C15H18N2O4S. The Bertz CT molecular complexity index is 851. The number of fused-ring (bicyclic) bond motifs is 1. The van der Waals surface area contributed by atoms with E-state index in [4.69, 9.17) is 4.42 Å². The highest BCUT2D eigenvalue weighted by atomic mass is 32.2. The molecule has 1 aromatic carbocycles. The van der Waals surface area contributed by atoms with Gasteiger partial charge in [0, 0.05) is 17.0 Å². The molecule has 0 radical (unpaired) electrons. The minimum absolute atomic E-state index is 0.175. The zero-order valence-corrected chi connectivity index (χ0v) is 13.1. The fourth-order valence-electron chi connectivity index (χ4n) is 2.68. The maximum absolute atomic E-state index is 12.6. The minimum Gasteiger partial charge on any atom is -0.423 e. The Labute approximate surface area is 128 Å². The first kappa shape index (κ1) is 15.2. The van der Waals surface area contributed by atoms with Gasteiger partial charge >= 0.3 is 5.63 Å². The largest absolute Gasteiger partial charge is 0.423 e. The first-order chi connectivity index (χ1) is 10.4. The Morgan fingerprint density at radius 1 is 1.18 bits per heavy atom. The fourth-order valence-corrected chi connectivity index (χ4v) is 4.18. The maximum atomic E-state index is 12.6. The van der Waals surface area contributed by atoms with Crippen LogP contribution in [0.25, 0.3) is 11.0 Å². The van der Waals surface area contributed by atoms with Crippen molar-refractivity contribution < 1.29 is 12.8 Å². The second-order valence-electron chi connectivity index (χ2n) is 5.87. The van der Waals surface area contributed by atoms with Crippen LogP contribution >= 0.6 is 0 Å². The van der Waals surface area contributed by atoms with E-state index in [0.29, 0.717) is 11.0 Å². The summed E-state index contributed by atoms with van der Waals surface area (Å²) in [5.41, 5.74) is -0.523. The van der Waals surface area contributed by atoms with Crippen LogP contribution in [-0.4, -0.2) is 27.0 Å². The average molecular weight is 322 g/mol. The van der Waals surface area contributed by atoms with Gasteiger partial charge < -0.3 is 9.73 Å². The van der Waals surface area contributed by atoms with Crippen LogP contribution in [0.1, 0.15) is 19.8 Å². The van der Waals surface area contributed by atoms with Gasteiger partial charge in [0.2, 0.25) is 10.0 Å². The van der Waals surface area contributed by atoms with Gasteiger partial charge in [-0.1, -0.05) is 0 Å². The summed E-state index contributed by atoms with van der Waals surface area (Å²) in [6.45, 7) is 3.51. The van der Waals surface area contributed by atoms with E-state index in [9.17, 15) is 13.2 Å². The van der Waals surface area contributed by atoms with Gasteiger partial charge in [-0.15, -0.1) is 0 Å². The molecule has 0 spiro atoms. The SMILES string of the molecule is CC1(NS(=O)(=O)c2ccc3oc(=O)ccc3c2)CCNCC1. The first-order valence-corrected chi connectivity index (χ1v) is 8.65. The van der Waals surface area contributed by atoms with Crippen molar-refractivity contribution in [3.05, 3.63) is 40.8 Å². The van der Waals surface area contributed by atoms with Crippen LogP contribution in [-0.2, 0) is 10.0 Å². The second kappa shape index (κ2) is 5.49. The lowest BCUT2D eigenvalue weighted by Gasteiger charge is -2.34. The first-order valence-electron chi connectivity index (χ1n) is 7.17. The van der Waals surface area contributed by atoms with Crippen LogP contribution in [0.3, 0.4) is 0 Å². The van der Waals surface area contributed by atoms with E-state index in [1.165, 1.54) is 24.3 Å². The Morgan fingerprint density at radius 3 is 2.64 bits per heavy atom. The van der Waals surface area contributed by atoms with E-state index in [0.717, 1.165) is 25.9 Å². The molecule has 118 valence electrons. The molecule has 6 nitrogen and oxygen atoms in total. The van der Waals surface area contributed by atoms with Gasteiger partial charge in [0.15, 0.2) is 0 Å². The van der Waals surface area contributed by atoms with Crippen molar-refractivity contribution in [3.8, 4) is 0 Å². The topological polar surface area (TPSA) is 88.4 Å². The van der Waals surface area contributed by atoms with Gasteiger partial charge in [0.05, 0.1) is 4.90 Å². The Hall–Kier alpha value is -1.70. The summed E-state index contributed by atoms with van der Waals surface area (Å²) >= 11 is 0. The number of benzene rings is 1. The van der Waals surface area contributed by atoms with E-state index < -0.39 is 21.2 Å². The van der Waals surface area contributed by atoms with Crippen LogP contribution in [0, 0.1) is 0 Å².